The van der Waals surface area contributed by atoms with Crippen molar-refractivity contribution in [2.75, 3.05) is 13.2 Å². The average molecular weight is 408 g/mol. The highest BCUT2D eigenvalue weighted by atomic mass is 16.5. The largest absolute Gasteiger partial charge is 0.490 e. The minimum absolute atomic E-state index is 0.129. The highest BCUT2D eigenvalue weighted by molar-refractivity contribution is 5.97. The number of nitrogens with one attached hydrogen (secondary N) is 2. The van der Waals surface area contributed by atoms with E-state index in [0.717, 1.165) is 18.1 Å². The van der Waals surface area contributed by atoms with Gasteiger partial charge in [0, 0.05) is 6.42 Å². The van der Waals surface area contributed by atoms with Crippen LogP contribution in [0.3, 0.4) is 0 Å². The van der Waals surface area contributed by atoms with Crippen LogP contribution in [0, 0.1) is 17.8 Å². The third-order valence-electron chi connectivity index (χ3n) is 6.13. The van der Waals surface area contributed by atoms with E-state index in [0.29, 0.717) is 42.8 Å². The lowest BCUT2D eigenvalue weighted by molar-refractivity contribution is -0.123. The van der Waals surface area contributed by atoms with Crippen molar-refractivity contribution >= 4 is 11.8 Å². The Kier molecular flexibility index (Phi) is 6.52. The van der Waals surface area contributed by atoms with Gasteiger partial charge in [-0.1, -0.05) is 36.8 Å². The summed E-state index contributed by atoms with van der Waals surface area (Å²) in [4.78, 5) is 24.8. The molecular formula is C24H28N2O4. The minimum Gasteiger partial charge on any atom is -0.490 e. The average Bonchev–Trinajstić information content (AvgIpc) is 3.39. The van der Waals surface area contributed by atoms with E-state index in [9.17, 15) is 9.59 Å². The van der Waals surface area contributed by atoms with Gasteiger partial charge in [-0.05, 0) is 61.3 Å². The molecule has 2 aliphatic carbocycles. The second-order valence-electron chi connectivity index (χ2n) is 8.15. The lowest BCUT2D eigenvalue weighted by Crippen LogP contribution is -2.42. The van der Waals surface area contributed by atoms with E-state index in [-0.39, 0.29) is 5.91 Å². The first-order valence-electron chi connectivity index (χ1n) is 10.7. The van der Waals surface area contributed by atoms with Crippen molar-refractivity contribution in [3.63, 3.8) is 0 Å². The van der Waals surface area contributed by atoms with Crippen LogP contribution in [-0.2, 0) is 4.79 Å². The van der Waals surface area contributed by atoms with Gasteiger partial charge in [0.2, 0.25) is 5.91 Å². The monoisotopic (exact) mass is 408 g/mol. The molecule has 4 rings (SSSR count). The van der Waals surface area contributed by atoms with Crippen molar-refractivity contribution in [2.24, 2.45) is 17.8 Å². The predicted octanol–water partition coefficient (Wildman–Crippen LogP) is 3.73. The summed E-state index contributed by atoms with van der Waals surface area (Å²) in [5, 5.41) is 0. The fraction of sp³-hybridized carbons (Fsp3) is 0.417. The number of carbonyl (C=O) groups is 2. The normalized spacial score (nSPS) is 21.8. The lowest BCUT2D eigenvalue weighted by atomic mass is 9.86. The molecular weight excluding hydrogens is 380 g/mol. The van der Waals surface area contributed by atoms with E-state index < -0.39 is 5.91 Å². The van der Waals surface area contributed by atoms with E-state index in [1.54, 1.807) is 24.3 Å². The van der Waals surface area contributed by atoms with Crippen LogP contribution in [0.2, 0.25) is 0 Å². The molecule has 2 aromatic carbocycles. The number of amides is 2. The van der Waals surface area contributed by atoms with Crippen LogP contribution in [-0.4, -0.2) is 25.0 Å². The first-order valence-corrected chi connectivity index (χ1v) is 10.7. The number of carbonyl (C=O) groups excluding carboxylic acids is 2. The predicted molar refractivity (Wildman–Crippen MR) is 113 cm³/mol. The van der Waals surface area contributed by atoms with Crippen LogP contribution in [0.5, 0.6) is 11.5 Å². The molecule has 2 N–H and O–H groups in total. The number of hydrogen-bond acceptors (Lipinski definition) is 4. The Morgan fingerprint density at radius 2 is 1.63 bits per heavy atom. The first-order chi connectivity index (χ1) is 14.7. The molecule has 0 radical (unpaired) electrons. The van der Waals surface area contributed by atoms with Crippen LogP contribution >= 0.6 is 0 Å². The fourth-order valence-electron chi connectivity index (χ4n) is 4.72. The third kappa shape index (κ3) is 5.12. The second-order valence-corrected chi connectivity index (χ2v) is 8.15. The van der Waals surface area contributed by atoms with Gasteiger partial charge < -0.3 is 9.47 Å². The molecule has 6 nitrogen and oxygen atoms in total. The molecule has 158 valence electrons. The van der Waals surface area contributed by atoms with Crippen molar-refractivity contribution in [3.8, 4) is 11.5 Å². The number of hydrazine groups is 1. The van der Waals surface area contributed by atoms with E-state index in [1.165, 1.54) is 19.3 Å². The smallest absolute Gasteiger partial charge is 0.273 e. The number of benzene rings is 2. The number of ether oxygens (including phenoxy) is 2. The van der Waals surface area contributed by atoms with E-state index in [4.69, 9.17) is 9.47 Å². The molecule has 3 atom stereocenters. The van der Waals surface area contributed by atoms with Gasteiger partial charge in [-0.15, -0.1) is 0 Å². The quantitative estimate of drug-likeness (QED) is 0.515. The molecule has 30 heavy (non-hydrogen) atoms. The van der Waals surface area contributed by atoms with Crippen molar-refractivity contribution < 1.29 is 19.1 Å². The standard InChI is InChI=1S/C24H28N2O4/c27-23(16-19-15-17-10-11-18(19)14-17)25-26-24(28)21-8-4-5-9-22(21)30-13-12-29-20-6-2-1-3-7-20/h1-9,17-19H,10-16H2,(H,25,27)(H,26,28)/t17-,18+,19-/m0/s1. The summed E-state index contributed by atoms with van der Waals surface area (Å²) in [5.41, 5.74) is 5.46. The van der Waals surface area contributed by atoms with Crippen LogP contribution in [0.15, 0.2) is 54.6 Å². The molecule has 0 heterocycles. The van der Waals surface area contributed by atoms with Crippen molar-refractivity contribution in [2.45, 2.75) is 32.1 Å². The van der Waals surface area contributed by atoms with Gasteiger partial charge in [-0.25, -0.2) is 0 Å². The van der Waals surface area contributed by atoms with Crippen molar-refractivity contribution in [1.29, 1.82) is 0 Å². The SMILES string of the molecule is O=C(C[C@@H]1C[C@H]2CC[C@@H]1C2)NNC(=O)c1ccccc1OCCOc1ccccc1. The summed E-state index contributed by atoms with van der Waals surface area (Å²) in [6, 6.07) is 16.5. The summed E-state index contributed by atoms with van der Waals surface area (Å²) >= 11 is 0. The Hall–Kier alpha value is -3.02. The molecule has 0 saturated heterocycles. The number of para-hydroxylation sites is 2. The zero-order valence-corrected chi connectivity index (χ0v) is 17.0. The molecule has 0 aliphatic heterocycles. The van der Waals surface area contributed by atoms with Gasteiger partial charge in [-0.2, -0.15) is 0 Å². The highest BCUT2D eigenvalue weighted by Gasteiger charge is 2.40. The van der Waals surface area contributed by atoms with Gasteiger partial charge >= 0.3 is 0 Å². The Bertz CT molecular complexity index is 871. The van der Waals surface area contributed by atoms with Gasteiger partial charge in [0.1, 0.15) is 24.7 Å². The molecule has 2 aliphatic rings. The Labute approximate surface area is 176 Å². The maximum absolute atomic E-state index is 12.6. The summed E-state index contributed by atoms with van der Waals surface area (Å²) in [7, 11) is 0. The molecule has 2 fully saturated rings. The maximum atomic E-state index is 12.6. The lowest BCUT2D eigenvalue weighted by Gasteiger charge is -2.21. The van der Waals surface area contributed by atoms with Crippen LogP contribution in [0.25, 0.3) is 0 Å². The Balaban J connectivity index is 1.23. The Morgan fingerprint density at radius 1 is 0.867 bits per heavy atom. The Morgan fingerprint density at radius 3 is 2.40 bits per heavy atom. The highest BCUT2D eigenvalue weighted by Crippen LogP contribution is 2.49. The van der Waals surface area contributed by atoms with Crippen molar-refractivity contribution in [3.05, 3.63) is 60.2 Å². The molecule has 0 spiro atoms. The minimum atomic E-state index is -0.393. The van der Waals surface area contributed by atoms with E-state index >= 15 is 0 Å². The number of hydrogen-bond donors (Lipinski definition) is 2. The summed E-state index contributed by atoms with van der Waals surface area (Å²) < 4.78 is 11.3. The van der Waals surface area contributed by atoms with Gasteiger partial charge in [-0.3, -0.25) is 20.4 Å². The molecule has 2 amide bonds. The summed E-state index contributed by atoms with van der Waals surface area (Å²) in [5.74, 6) is 2.65. The third-order valence-corrected chi connectivity index (χ3v) is 6.13. The zero-order chi connectivity index (χ0) is 20.8. The van der Waals surface area contributed by atoms with Gasteiger partial charge in [0.25, 0.3) is 5.91 Å². The molecule has 2 saturated carbocycles. The van der Waals surface area contributed by atoms with Crippen LogP contribution < -0.4 is 20.3 Å². The number of fused-ring (bicyclic) bond motifs is 2. The van der Waals surface area contributed by atoms with E-state index in [1.807, 2.05) is 30.3 Å². The van der Waals surface area contributed by atoms with Gasteiger partial charge in [0.05, 0.1) is 5.56 Å². The summed E-state index contributed by atoms with van der Waals surface area (Å²) in [6.45, 7) is 0.663. The molecule has 2 bridgehead atoms. The van der Waals surface area contributed by atoms with Crippen molar-refractivity contribution in [1.82, 2.24) is 10.9 Å². The van der Waals surface area contributed by atoms with E-state index in [2.05, 4.69) is 10.9 Å². The van der Waals surface area contributed by atoms with Crippen LogP contribution in [0.1, 0.15) is 42.5 Å². The zero-order valence-electron chi connectivity index (χ0n) is 17.0. The second kappa shape index (κ2) is 9.65. The summed E-state index contributed by atoms with van der Waals surface area (Å²) in [6.07, 6.45) is 5.45. The molecule has 2 aromatic rings. The fourth-order valence-corrected chi connectivity index (χ4v) is 4.72. The van der Waals surface area contributed by atoms with Crippen LogP contribution in [0.4, 0.5) is 0 Å². The molecule has 0 unspecified atom stereocenters. The molecule has 6 heteroatoms. The first kappa shape index (κ1) is 20.3. The maximum Gasteiger partial charge on any atom is 0.273 e. The topological polar surface area (TPSA) is 76.7 Å². The molecule has 0 aromatic heterocycles. The number of rotatable bonds is 8. The van der Waals surface area contributed by atoms with Gasteiger partial charge in [0.15, 0.2) is 0 Å².